The van der Waals surface area contributed by atoms with Crippen molar-refractivity contribution in [1.82, 2.24) is 9.88 Å². The summed E-state index contributed by atoms with van der Waals surface area (Å²) in [5, 5.41) is 0.512. The number of hydrogen-bond acceptors (Lipinski definition) is 4. The molecule has 0 fully saturated rings. The Hall–Kier alpha value is -3.18. The van der Waals surface area contributed by atoms with Crippen molar-refractivity contribution < 1.29 is 9.59 Å². The number of anilines is 1. The molecule has 1 aromatic heterocycles. The summed E-state index contributed by atoms with van der Waals surface area (Å²) >= 11 is 6.11. The number of ketones is 1. The van der Waals surface area contributed by atoms with Gasteiger partial charge < -0.3 is 10.6 Å². The van der Waals surface area contributed by atoms with Gasteiger partial charge in [-0.3, -0.25) is 14.6 Å². The van der Waals surface area contributed by atoms with Crippen molar-refractivity contribution in [3.05, 3.63) is 94.3 Å². The van der Waals surface area contributed by atoms with E-state index < -0.39 is 6.04 Å². The lowest BCUT2D eigenvalue weighted by molar-refractivity contribution is -0.122. The van der Waals surface area contributed by atoms with Crippen LogP contribution >= 0.6 is 11.6 Å². The molecule has 6 heteroatoms. The third-order valence-electron chi connectivity index (χ3n) is 5.13. The van der Waals surface area contributed by atoms with E-state index in [4.69, 9.17) is 17.3 Å². The number of Topliss-reactive ketones (excluding diaryl/α,β-unsaturated/α-hetero) is 1. The van der Waals surface area contributed by atoms with Gasteiger partial charge >= 0.3 is 0 Å². The van der Waals surface area contributed by atoms with Crippen LogP contribution in [0.1, 0.15) is 27.2 Å². The topological polar surface area (TPSA) is 76.3 Å². The minimum absolute atomic E-state index is 0.0273. The summed E-state index contributed by atoms with van der Waals surface area (Å²) in [7, 11) is 0. The normalized spacial score (nSPS) is 16.4. The number of benzene rings is 2. The lowest BCUT2D eigenvalue weighted by Crippen LogP contribution is -2.44. The lowest BCUT2D eigenvalue weighted by atomic mass is 9.99. The van der Waals surface area contributed by atoms with Gasteiger partial charge in [0.25, 0.3) is 5.91 Å². The van der Waals surface area contributed by atoms with Crippen LogP contribution in [0.2, 0.25) is 5.02 Å². The van der Waals surface area contributed by atoms with Gasteiger partial charge in [-0.2, -0.15) is 0 Å². The molecule has 2 N–H and O–H groups in total. The number of fused-ring (bicyclic) bond motifs is 1. The minimum atomic E-state index is -0.610. The second kappa shape index (κ2) is 8.05. The van der Waals surface area contributed by atoms with Crippen molar-refractivity contribution in [2.45, 2.75) is 25.4 Å². The quantitative estimate of drug-likeness (QED) is 0.671. The van der Waals surface area contributed by atoms with Gasteiger partial charge in [-0.05, 0) is 53.6 Å². The Morgan fingerprint density at radius 1 is 1.07 bits per heavy atom. The van der Waals surface area contributed by atoms with Crippen LogP contribution in [-0.2, 0) is 24.2 Å². The number of carbonyl (C=O) groups is 2. The highest BCUT2D eigenvalue weighted by molar-refractivity contribution is 6.30. The average molecular weight is 406 g/mol. The molecule has 0 unspecified atom stereocenters. The zero-order chi connectivity index (χ0) is 20.4. The molecular formula is C23H20ClN3O2. The number of hydrogen-bond donors (Lipinski definition) is 1. The number of halogens is 1. The monoisotopic (exact) mass is 405 g/mol. The molecule has 1 aliphatic rings. The van der Waals surface area contributed by atoms with E-state index >= 15 is 0 Å². The van der Waals surface area contributed by atoms with Crippen LogP contribution in [0, 0.1) is 0 Å². The molecule has 2 aromatic carbocycles. The molecule has 2 heterocycles. The first-order valence-corrected chi connectivity index (χ1v) is 9.75. The van der Waals surface area contributed by atoms with Crippen molar-refractivity contribution in [3.63, 3.8) is 0 Å². The van der Waals surface area contributed by atoms with E-state index in [1.807, 2.05) is 30.3 Å². The molecule has 0 bridgehead atoms. The molecule has 1 aliphatic heterocycles. The lowest BCUT2D eigenvalue weighted by Gasteiger charge is -2.29. The average Bonchev–Trinajstić information content (AvgIpc) is 2.80. The van der Waals surface area contributed by atoms with E-state index in [-0.39, 0.29) is 18.1 Å². The van der Waals surface area contributed by atoms with Gasteiger partial charge in [0.05, 0.1) is 6.04 Å². The number of nitrogens with zero attached hydrogens (tertiary/aromatic N) is 2. The maximum atomic E-state index is 13.5. The van der Waals surface area contributed by atoms with Crippen LogP contribution in [0.4, 0.5) is 5.69 Å². The van der Waals surface area contributed by atoms with Crippen molar-refractivity contribution in [1.29, 1.82) is 0 Å². The number of nitrogens with two attached hydrogens (primary N) is 1. The maximum absolute atomic E-state index is 13.5. The van der Waals surface area contributed by atoms with Crippen LogP contribution in [0.5, 0.6) is 0 Å². The van der Waals surface area contributed by atoms with Crippen LogP contribution in [0.25, 0.3) is 0 Å². The molecule has 0 aliphatic carbocycles. The van der Waals surface area contributed by atoms with Crippen LogP contribution < -0.4 is 5.73 Å². The fraction of sp³-hybridized carbons (Fsp3) is 0.174. The van der Waals surface area contributed by atoms with Crippen molar-refractivity contribution in [2.24, 2.45) is 0 Å². The number of pyridine rings is 1. The number of nitrogen functional groups attached to an aromatic ring is 1. The second-order valence-corrected chi connectivity index (χ2v) is 7.60. The summed E-state index contributed by atoms with van der Waals surface area (Å²) in [5.74, 6) is -0.208. The maximum Gasteiger partial charge on any atom is 0.255 e. The molecule has 1 atom stereocenters. The summed E-state index contributed by atoms with van der Waals surface area (Å²) < 4.78 is 0. The fourth-order valence-electron chi connectivity index (χ4n) is 3.64. The van der Waals surface area contributed by atoms with E-state index in [2.05, 4.69) is 4.98 Å². The van der Waals surface area contributed by atoms with E-state index in [9.17, 15) is 9.59 Å². The Morgan fingerprint density at radius 3 is 2.59 bits per heavy atom. The summed E-state index contributed by atoms with van der Waals surface area (Å²) in [6.45, 7) is 0.310. The molecule has 0 spiro atoms. The Morgan fingerprint density at radius 2 is 1.86 bits per heavy atom. The van der Waals surface area contributed by atoms with Crippen molar-refractivity contribution in [2.75, 3.05) is 5.73 Å². The van der Waals surface area contributed by atoms with Crippen molar-refractivity contribution >= 4 is 29.0 Å². The highest BCUT2D eigenvalue weighted by Crippen LogP contribution is 2.27. The third-order valence-corrected chi connectivity index (χ3v) is 5.37. The van der Waals surface area contributed by atoms with Gasteiger partial charge in [0, 0.05) is 47.6 Å². The molecule has 29 heavy (non-hydrogen) atoms. The van der Waals surface area contributed by atoms with Crippen LogP contribution in [0.15, 0.2) is 66.9 Å². The van der Waals surface area contributed by atoms with E-state index in [1.54, 1.807) is 41.4 Å². The first kappa shape index (κ1) is 19.2. The molecule has 1 amide bonds. The predicted octanol–water partition coefficient (Wildman–Crippen LogP) is 3.70. The van der Waals surface area contributed by atoms with Crippen molar-refractivity contribution in [3.8, 4) is 0 Å². The molecule has 4 rings (SSSR count). The fourth-order valence-corrected chi connectivity index (χ4v) is 3.83. The highest BCUT2D eigenvalue weighted by atomic mass is 35.5. The molecule has 3 aromatic rings. The molecule has 0 radical (unpaired) electrons. The molecule has 5 nitrogen and oxygen atoms in total. The first-order valence-electron chi connectivity index (χ1n) is 9.37. The van der Waals surface area contributed by atoms with E-state index in [0.717, 1.165) is 11.3 Å². The van der Waals surface area contributed by atoms with Crippen LogP contribution in [-0.4, -0.2) is 27.6 Å². The van der Waals surface area contributed by atoms with Gasteiger partial charge in [0.15, 0.2) is 5.78 Å². The Kier molecular flexibility index (Phi) is 5.32. The Labute approximate surface area is 174 Å². The number of rotatable bonds is 4. The first-order chi connectivity index (χ1) is 14.0. The number of carbonyl (C=O) groups excluding carboxylic acids is 2. The van der Waals surface area contributed by atoms with Gasteiger partial charge in [0.1, 0.15) is 0 Å². The minimum Gasteiger partial charge on any atom is -0.399 e. The third kappa shape index (κ3) is 4.15. The number of amides is 1. The molecule has 0 saturated carbocycles. The number of aromatic nitrogens is 1. The Bertz CT molecular complexity index is 1050. The van der Waals surface area contributed by atoms with Gasteiger partial charge in [-0.15, -0.1) is 0 Å². The summed E-state index contributed by atoms with van der Waals surface area (Å²) in [6, 6.07) is 17.4. The molecule has 146 valence electrons. The van der Waals surface area contributed by atoms with Gasteiger partial charge in [-0.1, -0.05) is 29.8 Å². The van der Waals surface area contributed by atoms with Crippen LogP contribution in [0.3, 0.4) is 0 Å². The highest BCUT2D eigenvalue weighted by Gasteiger charge is 2.35. The standard InChI is InChI=1S/C23H20ClN3O2/c24-17-6-9-20-16(11-17)12-22(28)21(13-19-3-1-2-10-26-19)27(23(20)29)14-15-4-7-18(25)8-5-15/h1-11,21H,12-14,25H2/t21-/m1/s1. The van der Waals surface area contributed by atoms with E-state index in [1.165, 1.54) is 0 Å². The Balaban J connectivity index is 1.75. The second-order valence-electron chi connectivity index (χ2n) is 7.16. The SMILES string of the molecule is Nc1ccc(CN2C(=O)c3ccc(Cl)cc3CC(=O)[C@H]2Cc2ccccn2)cc1. The predicted molar refractivity (Wildman–Crippen MR) is 113 cm³/mol. The largest absolute Gasteiger partial charge is 0.399 e. The van der Waals surface area contributed by atoms with Gasteiger partial charge in [-0.25, -0.2) is 0 Å². The summed E-state index contributed by atoms with van der Waals surface area (Å²) in [6.07, 6.45) is 2.22. The smallest absolute Gasteiger partial charge is 0.255 e. The zero-order valence-corrected chi connectivity index (χ0v) is 16.5. The van der Waals surface area contributed by atoms with Gasteiger partial charge in [0.2, 0.25) is 0 Å². The summed E-state index contributed by atoms with van der Waals surface area (Å²) in [4.78, 5) is 32.7. The summed E-state index contributed by atoms with van der Waals surface area (Å²) in [5.41, 5.74) is 9.29. The molecule has 0 saturated heterocycles. The zero-order valence-electron chi connectivity index (χ0n) is 15.7. The molecular weight excluding hydrogens is 386 g/mol. The van der Waals surface area contributed by atoms with E-state index in [0.29, 0.717) is 34.8 Å².